The molecule has 0 atom stereocenters. The lowest BCUT2D eigenvalue weighted by Gasteiger charge is -2.29. The number of hydrogen-bond donors (Lipinski definition) is 0. The van der Waals surface area contributed by atoms with Crippen LogP contribution in [0.25, 0.3) is 17.0 Å². The first-order valence-electron chi connectivity index (χ1n) is 10.7. The number of ether oxygens (including phenoxy) is 1. The van der Waals surface area contributed by atoms with Gasteiger partial charge in [-0.2, -0.15) is 0 Å². The summed E-state index contributed by atoms with van der Waals surface area (Å²) in [7, 11) is 0. The minimum absolute atomic E-state index is 0.109. The lowest BCUT2D eigenvalue weighted by Crippen LogP contribution is -2.37. The van der Waals surface area contributed by atoms with Crippen molar-refractivity contribution in [3.63, 3.8) is 0 Å². The van der Waals surface area contributed by atoms with Gasteiger partial charge in [0.1, 0.15) is 10.1 Å². The summed E-state index contributed by atoms with van der Waals surface area (Å²) in [6, 6.07) is 15.9. The number of amides is 1. The Balaban J connectivity index is 1.52. The molecule has 0 radical (unpaired) electrons. The average Bonchev–Trinajstić information content (AvgIpc) is 3.08. The summed E-state index contributed by atoms with van der Waals surface area (Å²) in [4.78, 5) is 22.7. The minimum Gasteiger partial charge on any atom is -0.378 e. The fourth-order valence-electron chi connectivity index (χ4n) is 4.01. The Bertz CT molecular complexity index is 1290. The number of benzene rings is 2. The number of aryl methyl sites for hydroxylation is 1. The van der Waals surface area contributed by atoms with E-state index >= 15 is 0 Å². The predicted octanol–water partition coefficient (Wildman–Crippen LogP) is 5.43. The molecule has 0 saturated carbocycles. The van der Waals surface area contributed by atoms with Crippen LogP contribution in [0.3, 0.4) is 0 Å². The third-order valence-electron chi connectivity index (χ3n) is 5.74. The van der Waals surface area contributed by atoms with Crippen molar-refractivity contribution in [2.24, 2.45) is 0 Å². The predicted molar refractivity (Wildman–Crippen MR) is 140 cm³/mol. The van der Waals surface area contributed by atoms with Crippen LogP contribution in [-0.2, 0) is 16.1 Å². The monoisotopic (exact) mass is 495 g/mol. The van der Waals surface area contributed by atoms with Gasteiger partial charge in [0.25, 0.3) is 5.91 Å². The molecular formula is C25H22ClN3O2S2. The van der Waals surface area contributed by atoms with Gasteiger partial charge in [-0.05, 0) is 42.8 Å². The summed E-state index contributed by atoms with van der Waals surface area (Å²) in [5.74, 6) is 0.758. The Morgan fingerprint density at radius 2 is 1.97 bits per heavy atom. The molecule has 0 unspecified atom stereocenters. The number of pyridine rings is 1. The van der Waals surface area contributed by atoms with Crippen LogP contribution in [0.15, 0.2) is 53.4 Å². The third-order valence-corrected chi connectivity index (χ3v) is 7.48. The molecule has 3 aromatic rings. The molecule has 3 heterocycles. The van der Waals surface area contributed by atoms with Gasteiger partial charge in [-0.1, -0.05) is 65.4 Å². The standard InChI is InChI=1S/C25H22ClN3O2S2/c1-16-6-7-21-18(12-16)13-19(23(27-21)28-8-10-31-11-9-28)14-22-24(30)29(25(32)33-22)15-17-4-2-3-5-20(17)26/h2-7,12-14H,8-11,15H2,1H3/b22-14-. The van der Waals surface area contributed by atoms with Gasteiger partial charge in [0.15, 0.2) is 0 Å². The summed E-state index contributed by atoms with van der Waals surface area (Å²) in [6.45, 7) is 5.26. The molecule has 2 aliphatic heterocycles. The number of carbonyl (C=O) groups is 1. The van der Waals surface area contributed by atoms with Gasteiger partial charge in [0, 0.05) is 29.1 Å². The van der Waals surface area contributed by atoms with Crippen LogP contribution in [0.2, 0.25) is 5.02 Å². The van der Waals surface area contributed by atoms with Crippen molar-refractivity contribution >= 4 is 68.6 Å². The van der Waals surface area contributed by atoms with Gasteiger partial charge >= 0.3 is 0 Å². The molecule has 0 bridgehead atoms. The zero-order valence-corrected chi connectivity index (χ0v) is 20.5. The number of fused-ring (bicyclic) bond motifs is 1. The molecule has 0 spiro atoms. The fourth-order valence-corrected chi connectivity index (χ4v) is 5.45. The Kier molecular flexibility index (Phi) is 6.38. The first kappa shape index (κ1) is 22.3. The van der Waals surface area contributed by atoms with Gasteiger partial charge in [-0.15, -0.1) is 0 Å². The first-order valence-corrected chi connectivity index (χ1v) is 12.3. The SMILES string of the molecule is Cc1ccc2nc(N3CCOCC3)c(/C=C3\SC(=S)N(Cc4ccccc4Cl)C3=O)cc2c1. The fraction of sp³-hybridized carbons (Fsp3) is 0.240. The maximum Gasteiger partial charge on any atom is 0.266 e. The molecule has 1 amide bonds. The Morgan fingerprint density at radius 3 is 2.76 bits per heavy atom. The van der Waals surface area contributed by atoms with Crippen molar-refractivity contribution in [2.75, 3.05) is 31.2 Å². The topological polar surface area (TPSA) is 45.7 Å². The molecule has 0 N–H and O–H groups in total. The normalized spacial score (nSPS) is 18.1. The molecule has 2 aromatic carbocycles. The molecule has 0 aliphatic carbocycles. The van der Waals surface area contributed by atoms with Gasteiger partial charge in [-0.3, -0.25) is 9.69 Å². The van der Waals surface area contributed by atoms with Crippen LogP contribution in [0.5, 0.6) is 0 Å². The molecule has 2 saturated heterocycles. The molecular weight excluding hydrogens is 474 g/mol. The highest BCUT2D eigenvalue weighted by Crippen LogP contribution is 2.36. The number of halogens is 1. The lowest BCUT2D eigenvalue weighted by atomic mass is 10.1. The second-order valence-corrected chi connectivity index (χ2v) is 10.1. The number of thiocarbonyl (C=S) groups is 1. The second kappa shape index (κ2) is 9.43. The maximum absolute atomic E-state index is 13.3. The quantitative estimate of drug-likeness (QED) is 0.355. The number of hydrogen-bond acceptors (Lipinski definition) is 6. The summed E-state index contributed by atoms with van der Waals surface area (Å²) >= 11 is 13.2. The molecule has 5 rings (SSSR count). The van der Waals surface area contributed by atoms with Crippen molar-refractivity contribution in [2.45, 2.75) is 13.5 Å². The minimum atomic E-state index is -0.109. The smallest absolute Gasteiger partial charge is 0.266 e. The van der Waals surface area contributed by atoms with Crippen LogP contribution in [-0.4, -0.2) is 46.4 Å². The molecule has 33 heavy (non-hydrogen) atoms. The zero-order chi connectivity index (χ0) is 22.9. The summed E-state index contributed by atoms with van der Waals surface area (Å²) in [5, 5.41) is 1.67. The van der Waals surface area contributed by atoms with Crippen molar-refractivity contribution in [1.29, 1.82) is 0 Å². The van der Waals surface area contributed by atoms with E-state index in [0.29, 0.717) is 34.0 Å². The van der Waals surface area contributed by atoms with E-state index in [9.17, 15) is 4.79 Å². The number of morpholine rings is 1. The summed E-state index contributed by atoms with van der Waals surface area (Å²) in [6.07, 6.45) is 1.92. The Hall–Kier alpha value is -2.45. The number of anilines is 1. The number of nitrogens with zero attached hydrogens (tertiary/aromatic N) is 3. The van der Waals surface area contributed by atoms with Crippen molar-refractivity contribution in [3.05, 3.63) is 75.1 Å². The van der Waals surface area contributed by atoms with E-state index in [1.165, 1.54) is 17.3 Å². The molecule has 2 aliphatic rings. The van der Waals surface area contributed by atoms with Gasteiger partial charge in [-0.25, -0.2) is 4.98 Å². The van der Waals surface area contributed by atoms with Crippen molar-refractivity contribution < 1.29 is 9.53 Å². The van der Waals surface area contributed by atoms with Crippen LogP contribution >= 0.6 is 35.6 Å². The summed E-state index contributed by atoms with van der Waals surface area (Å²) < 4.78 is 6.06. The van der Waals surface area contributed by atoms with E-state index in [4.69, 9.17) is 33.5 Å². The highest BCUT2D eigenvalue weighted by Gasteiger charge is 2.33. The van der Waals surface area contributed by atoms with Gasteiger partial charge < -0.3 is 9.64 Å². The van der Waals surface area contributed by atoms with E-state index in [0.717, 1.165) is 40.9 Å². The van der Waals surface area contributed by atoms with Gasteiger partial charge in [0.05, 0.1) is 30.2 Å². The van der Waals surface area contributed by atoms with E-state index in [1.54, 1.807) is 4.90 Å². The first-order chi connectivity index (χ1) is 16.0. The van der Waals surface area contributed by atoms with Crippen LogP contribution in [0, 0.1) is 6.92 Å². The second-order valence-electron chi connectivity index (χ2n) is 8.06. The third kappa shape index (κ3) is 4.64. The molecule has 1 aromatic heterocycles. The molecule has 2 fully saturated rings. The van der Waals surface area contributed by atoms with E-state index in [2.05, 4.69) is 30.0 Å². The highest BCUT2D eigenvalue weighted by molar-refractivity contribution is 8.26. The number of aromatic nitrogens is 1. The number of rotatable bonds is 4. The van der Waals surface area contributed by atoms with Crippen LogP contribution in [0.1, 0.15) is 16.7 Å². The van der Waals surface area contributed by atoms with E-state index in [-0.39, 0.29) is 5.91 Å². The largest absolute Gasteiger partial charge is 0.378 e. The van der Waals surface area contributed by atoms with Crippen molar-refractivity contribution in [1.82, 2.24) is 9.88 Å². The van der Waals surface area contributed by atoms with Crippen LogP contribution in [0.4, 0.5) is 5.82 Å². The molecule has 8 heteroatoms. The van der Waals surface area contributed by atoms with E-state index < -0.39 is 0 Å². The van der Waals surface area contributed by atoms with Gasteiger partial charge in [0.2, 0.25) is 0 Å². The molecule has 168 valence electrons. The number of thioether (sulfide) groups is 1. The summed E-state index contributed by atoms with van der Waals surface area (Å²) in [5.41, 5.74) is 3.88. The number of carbonyl (C=O) groups excluding carboxylic acids is 1. The maximum atomic E-state index is 13.3. The zero-order valence-electron chi connectivity index (χ0n) is 18.1. The average molecular weight is 496 g/mol. The van der Waals surface area contributed by atoms with Crippen LogP contribution < -0.4 is 4.90 Å². The highest BCUT2D eigenvalue weighted by atomic mass is 35.5. The Morgan fingerprint density at radius 1 is 1.18 bits per heavy atom. The van der Waals surface area contributed by atoms with Crippen molar-refractivity contribution in [3.8, 4) is 0 Å². The lowest BCUT2D eigenvalue weighted by molar-refractivity contribution is -0.122. The van der Waals surface area contributed by atoms with E-state index in [1.807, 2.05) is 36.4 Å². The molecule has 5 nitrogen and oxygen atoms in total. The Labute approximate surface area is 207 Å².